The fourth-order valence-electron chi connectivity index (χ4n) is 1.90. The summed E-state index contributed by atoms with van der Waals surface area (Å²) in [5.74, 6) is 0.625. The molecule has 1 aromatic heterocycles. The lowest BCUT2D eigenvalue weighted by Gasteiger charge is -2.29. The van der Waals surface area contributed by atoms with Crippen LogP contribution in [0.5, 0.6) is 5.88 Å². The van der Waals surface area contributed by atoms with Gasteiger partial charge in [-0.3, -0.25) is 0 Å². The molecule has 0 radical (unpaired) electrons. The Morgan fingerprint density at radius 1 is 1.33 bits per heavy atom. The topological polar surface area (TPSA) is 25.4 Å². The van der Waals surface area contributed by atoms with Crippen molar-refractivity contribution in [3.05, 3.63) is 17.3 Å². The van der Waals surface area contributed by atoms with Gasteiger partial charge in [0, 0.05) is 19.2 Å². The van der Waals surface area contributed by atoms with Crippen molar-refractivity contribution in [2.75, 3.05) is 25.1 Å². The molecule has 1 fully saturated rings. The second-order valence-corrected chi connectivity index (χ2v) is 4.13. The van der Waals surface area contributed by atoms with Gasteiger partial charge in [-0.1, -0.05) is 11.6 Å². The second-order valence-electron chi connectivity index (χ2n) is 3.73. The van der Waals surface area contributed by atoms with E-state index in [0.29, 0.717) is 10.9 Å². The van der Waals surface area contributed by atoms with Gasteiger partial charge in [0.25, 0.3) is 0 Å². The molecule has 0 N–H and O–H groups in total. The highest BCUT2D eigenvalue weighted by molar-refractivity contribution is 6.33. The molecule has 82 valence electrons. The summed E-state index contributed by atoms with van der Waals surface area (Å²) in [7, 11) is 1.62. The molecule has 2 heterocycles. The zero-order valence-electron chi connectivity index (χ0n) is 8.87. The maximum atomic E-state index is 6.13. The van der Waals surface area contributed by atoms with Crippen molar-refractivity contribution in [2.24, 2.45) is 0 Å². The molecule has 1 aliphatic rings. The average Bonchev–Trinajstić information content (AvgIpc) is 2.31. The number of methoxy groups -OCH3 is 1. The minimum Gasteiger partial charge on any atom is -0.481 e. The summed E-state index contributed by atoms with van der Waals surface area (Å²) >= 11 is 6.13. The van der Waals surface area contributed by atoms with Gasteiger partial charge in [-0.25, -0.2) is 4.98 Å². The minimum absolute atomic E-state index is 0.625. The second kappa shape index (κ2) is 4.71. The first-order chi connectivity index (χ1) is 7.31. The first-order valence-electron chi connectivity index (χ1n) is 5.26. The Morgan fingerprint density at radius 2 is 2.07 bits per heavy atom. The molecule has 0 saturated carbocycles. The van der Waals surface area contributed by atoms with Gasteiger partial charge in [0.05, 0.1) is 24.0 Å². The van der Waals surface area contributed by atoms with Crippen molar-refractivity contribution in [3.63, 3.8) is 0 Å². The SMILES string of the molecule is COc1cc(N2CCCCC2)c(Cl)cn1. The predicted molar refractivity (Wildman–Crippen MR) is 61.9 cm³/mol. The quantitative estimate of drug-likeness (QED) is 0.776. The van der Waals surface area contributed by atoms with Gasteiger partial charge in [-0.2, -0.15) is 0 Å². The average molecular weight is 227 g/mol. The molecule has 0 atom stereocenters. The first-order valence-corrected chi connectivity index (χ1v) is 5.63. The van der Waals surface area contributed by atoms with Crippen LogP contribution in [0.4, 0.5) is 5.69 Å². The smallest absolute Gasteiger partial charge is 0.215 e. The van der Waals surface area contributed by atoms with Crippen LogP contribution >= 0.6 is 11.6 Å². The molecule has 0 aliphatic carbocycles. The highest BCUT2D eigenvalue weighted by atomic mass is 35.5. The number of ether oxygens (including phenoxy) is 1. The molecule has 4 heteroatoms. The molecule has 15 heavy (non-hydrogen) atoms. The molecular formula is C11H15ClN2O. The largest absolute Gasteiger partial charge is 0.481 e. The summed E-state index contributed by atoms with van der Waals surface area (Å²) in [6.45, 7) is 2.15. The summed E-state index contributed by atoms with van der Waals surface area (Å²) in [4.78, 5) is 6.37. The van der Waals surface area contributed by atoms with Crippen molar-refractivity contribution in [3.8, 4) is 5.88 Å². The van der Waals surface area contributed by atoms with Crippen LogP contribution < -0.4 is 9.64 Å². The molecule has 1 aliphatic heterocycles. The van der Waals surface area contributed by atoms with E-state index in [1.165, 1.54) is 19.3 Å². The Morgan fingerprint density at radius 3 is 2.73 bits per heavy atom. The molecule has 0 aromatic carbocycles. The zero-order chi connectivity index (χ0) is 10.7. The lowest BCUT2D eigenvalue weighted by atomic mass is 10.1. The summed E-state index contributed by atoms with van der Waals surface area (Å²) < 4.78 is 5.10. The normalized spacial score (nSPS) is 16.5. The van der Waals surface area contributed by atoms with E-state index in [1.807, 2.05) is 6.07 Å². The Balaban J connectivity index is 2.24. The number of halogens is 1. The maximum Gasteiger partial charge on any atom is 0.215 e. The zero-order valence-corrected chi connectivity index (χ0v) is 9.63. The third kappa shape index (κ3) is 2.34. The standard InChI is InChI=1S/C11H15ClN2O/c1-15-11-7-10(9(12)8-13-11)14-5-3-2-4-6-14/h7-8H,2-6H2,1H3. The Kier molecular flexibility index (Phi) is 3.31. The van der Waals surface area contributed by atoms with Crippen LogP contribution in [0.1, 0.15) is 19.3 Å². The van der Waals surface area contributed by atoms with Crippen LogP contribution in [-0.4, -0.2) is 25.2 Å². The predicted octanol–water partition coefficient (Wildman–Crippen LogP) is 2.73. The molecule has 0 spiro atoms. The lowest BCUT2D eigenvalue weighted by molar-refractivity contribution is 0.397. The summed E-state index contributed by atoms with van der Waals surface area (Å²) in [6, 6.07) is 1.91. The van der Waals surface area contributed by atoms with Crippen LogP contribution in [0.25, 0.3) is 0 Å². The van der Waals surface area contributed by atoms with Gasteiger partial charge in [0.2, 0.25) is 5.88 Å². The number of pyridine rings is 1. The molecule has 0 bridgehead atoms. The van der Waals surface area contributed by atoms with Gasteiger partial charge < -0.3 is 9.64 Å². The van der Waals surface area contributed by atoms with Crippen molar-refractivity contribution < 1.29 is 4.74 Å². The van der Waals surface area contributed by atoms with E-state index in [2.05, 4.69) is 9.88 Å². The van der Waals surface area contributed by atoms with Gasteiger partial charge in [0.15, 0.2) is 0 Å². The number of rotatable bonds is 2. The molecule has 0 amide bonds. The fraction of sp³-hybridized carbons (Fsp3) is 0.545. The van der Waals surface area contributed by atoms with Gasteiger partial charge >= 0.3 is 0 Å². The summed E-state index contributed by atoms with van der Waals surface area (Å²) in [5, 5.41) is 0.706. The first kappa shape index (κ1) is 10.6. The lowest BCUT2D eigenvalue weighted by Crippen LogP contribution is -2.29. The summed E-state index contributed by atoms with van der Waals surface area (Å²) in [6.07, 6.45) is 5.45. The number of hydrogen-bond donors (Lipinski definition) is 0. The highest BCUT2D eigenvalue weighted by Crippen LogP contribution is 2.30. The Bertz CT molecular complexity index is 337. The van der Waals surface area contributed by atoms with Crippen LogP contribution in [0, 0.1) is 0 Å². The summed E-state index contributed by atoms with van der Waals surface area (Å²) in [5.41, 5.74) is 1.04. The van der Waals surface area contributed by atoms with Gasteiger partial charge in [0.1, 0.15) is 0 Å². The highest BCUT2D eigenvalue weighted by Gasteiger charge is 2.14. The third-order valence-corrected chi connectivity index (χ3v) is 3.01. The van der Waals surface area contributed by atoms with Crippen LogP contribution in [0.3, 0.4) is 0 Å². The maximum absolute atomic E-state index is 6.13. The van der Waals surface area contributed by atoms with Crippen molar-refractivity contribution in [1.82, 2.24) is 4.98 Å². The third-order valence-electron chi connectivity index (χ3n) is 2.72. The van der Waals surface area contributed by atoms with Crippen LogP contribution in [0.2, 0.25) is 5.02 Å². The molecule has 2 rings (SSSR count). The van der Waals surface area contributed by atoms with Crippen LogP contribution in [-0.2, 0) is 0 Å². The van der Waals surface area contributed by atoms with Crippen molar-refractivity contribution in [2.45, 2.75) is 19.3 Å². The molecule has 0 unspecified atom stereocenters. The fourth-order valence-corrected chi connectivity index (χ4v) is 2.12. The minimum atomic E-state index is 0.625. The number of anilines is 1. The number of nitrogens with zero attached hydrogens (tertiary/aromatic N) is 2. The van der Waals surface area contributed by atoms with E-state index in [9.17, 15) is 0 Å². The van der Waals surface area contributed by atoms with Gasteiger partial charge in [-0.05, 0) is 19.3 Å². The molecule has 3 nitrogen and oxygen atoms in total. The van der Waals surface area contributed by atoms with Gasteiger partial charge in [-0.15, -0.1) is 0 Å². The van der Waals surface area contributed by atoms with Crippen LogP contribution in [0.15, 0.2) is 12.3 Å². The van der Waals surface area contributed by atoms with E-state index < -0.39 is 0 Å². The van der Waals surface area contributed by atoms with E-state index >= 15 is 0 Å². The Hall–Kier alpha value is -0.960. The molecule has 1 aromatic rings. The Labute approximate surface area is 95.0 Å². The molecule has 1 saturated heterocycles. The van der Waals surface area contributed by atoms with E-state index in [0.717, 1.165) is 18.8 Å². The van der Waals surface area contributed by atoms with E-state index in [4.69, 9.17) is 16.3 Å². The number of aromatic nitrogens is 1. The number of hydrogen-bond acceptors (Lipinski definition) is 3. The van der Waals surface area contributed by atoms with Crippen molar-refractivity contribution >= 4 is 17.3 Å². The van der Waals surface area contributed by atoms with E-state index in [1.54, 1.807) is 13.3 Å². The van der Waals surface area contributed by atoms with E-state index in [-0.39, 0.29) is 0 Å². The molecular weight excluding hydrogens is 212 g/mol. The monoisotopic (exact) mass is 226 g/mol. The number of piperidine rings is 1. The van der Waals surface area contributed by atoms with Crippen molar-refractivity contribution in [1.29, 1.82) is 0 Å².